The van der Waals surface area contributed by atoms with Gasteiger partial charge in [-0.25, -0.2) is 0 Å². The second-order valence-corrected chi connectivity index (χ2v) is 11.3. The molecule has 1 saturated heterocycles. The lowest BCUT2D eigenvalue weighted by atomic mass is 9.83. The Morgan fingerprint density at radius 1 is 0.976 bits per heavy atom. The van der Waals surface area contributed by atoms with Crippen LogP contribution in [0.25, 0.3) is 0 Å². The molecular formula is C27H47N5O10. The van der Waals surface area contributed by atoms with Crippen LogP contribution in [-0.2, 0) is 33.3 Å². The lowest BCUT2D eigenvalue weighted by Gasteiger charge is -2.49. The maximum atomic E-state index is 12.2. The summed E-state index contributed by atoms with van der Waals surface area (Å²) in [6, 6.07) is -2.56. The largest absolute Gasteiger partial charge is 0.465 e. The molecule has 1 saturated carbocycles. The van der Waals surface area contributed by atoms with E-state index < -0.39 is 66.8 Å². The monoisotopic (exact) mass is 601 g/mol. The first kappa shape index (κ1) is 34.1. The van der Waals surface area contributed by atoms with Gasteiger partial charge >= 0.3 is 0 Å². The van der Waals surface area contributed by atoms with Gasteiger partial charge in [0.25, 0.3) is 0 Å². The lowest BCUT2D eigenvalue weighted by Crippen LogP contribution is -2.69. The molecule has 15 heteroatoms. The number of hydrogen-bond donors (Lipinski definition) is 8. The molecule has 0 aromatic carbocycles. The van der Waals surface area contributed by atoms with E-state index in [1.165, 1.54) is 27.7 Å². The average Bonchev–Trinajstić information content (AvgIpc) is 2.89. The van der Waals surface area contributed by atoms with Gasteiger partial charge in [-0.2, -0.15) is 0 Å². The van der Waals surface area contributed by atoms with E-state index in [0.29, 0.717) is 18.7 Å². The molecule has 3 aliphatic rings. The summed E-state index contributed by atoms with van der Waals surface area (Å²) in [7, 11) is 1.61. The number of aliphatic hydroxyl groups excluding tert-OH is 2. The first-order valence-corrected chi connectivity index (χ1v) is 14.3. The Kier molecular flexibility index (Phi) is 12.1. The second kappa shape index (κ2) is 14.9. The van der Waals surface area contributed by atoms with E-state index in [0.717, 1.165) is 0 Å². The van der Waals surface area contributed by atoms with Crippen molar-refractivity contribution in [3.8, 4) is 0 Å². The molecule has 3 rings (SSSR count). The third-order valence-corrected chi connectivity index (χ3v) is 7.65. The number of hydrogen-bond acceptors (Lipinski definition) is 12. The molecule has 3 amide bonds. The fraction of sp³-hybridized carbons (Fsp3) is 0.815. The molecule has 0 aromatic heterocycles. The van der Waals surface area contributed by atoms with E-state index in [-0.39, 0.29) is 37.3 Å². The Labute approximate surface area is 246 Å². The fourth-order valence-electron chi connectivity index (χ4n) is 5.78. The summed E-state index contributed by atoms with van der Waals surface area (Å²) >= 11 is 0. The van der Waals surface area contributed by atoms with Crippen molar-refractivity contribution in [2.75, 3.05) is 26.7 Å². The molecule has 240 valence electrons. The van der Waals surface area contributed by atoms with E-state index in [1.807, 2.05) is 6.92 Å². The van der Waals surface area contributed by atoms with Gasteiger partial charge in [0.1, 0.15) is 35.8 Å². The molecule has 2 aliphatic heterocycles. The Morgan fingerprint density at radius 2 is 1.60 bits per heavy atom. The minimum atomic E-state index is -1.36. The van der Waals surface area contributed by atoms with Crippen molar-refractivity contribution in [2.24, 2.45) is 0 Å². The van der Waals surface area contributed by atoms with Crippen LogP contribution in [-0.4, -0.2) is 127 Å². The molecular weight excluding hydrogens is 554 g/mol. The average molecular weight is 602 g/mol. The Hall–Kier alpha value is -2.37. The van der Waals surface area contributed by atoms with E-state index >= 15 is 0 Å². The molecule has 0 unspecified atom stereocenters. The third kappa shape index (κ3) is 8.60. The van der Waals surface area contributed by atoms with E-state index in [2.05, 4.69) is 26.6 Å². The van der Waals surface area contributed by atoms with Crippen molar-refractivity contribution < 1.29 is 48.7 Å². The number of aliphatic hydroxyl groups is 3. The summed E-state index contributed by atoms with van der Waals surface area (Å²) in [6.07, 6.45) is -4.59. The molecule has 1 aliphatic carbocycles. The zero-order chi connectivity index (χ0) is 31.2. The van der Waals surface area contributed by atoms with Crippen molar-refractivity contribution >= 4 is 17.7 Å². The van der Waals surface area contributed by atoms with Crippen molar-refractivity contribution in [1.82, 2.24) is 26.6 Å². The number of amides is 3. The van der Waals surface area contributed by atoms with Gasteiger partial charge in [-0.15, -0.1) is 0 Å². The van der Waals surface area contributed by atoms with Crippen molar-refractivity contribution in [3.05, 3.63) is 11.8 Å². The summed E-state index contributed by atoms with van der Waals surface area (Å²) in [5, 5.41) is 47.8. The number of carbonyl (C=O) groups excluding carboxylic acids is 3. The van der Waals surface area contributed by atoms with Crippen LogP contribution in [0.4, 0.5) is 0 Å². The maximum Gasteiger partial charge on any atom is 0.220 e. The number of carbonyl (C=O) groups is 3. The van der Waals surface area contributed by atoms with Gasteiger partial charge in [-0.1, -0.05) is 6.92 Å². The number of nitrogens with one attached hydrogen (secondary N) is 5. The Morgan fingerprint density at radius 3 is 2.19 bits per heavy atom. The van der Waals surface area contributed by atoms with Crippen LogP contribution in [0, 0.1) is 0 Å². The predicted molar refractivity (Wildman–Crippen MR) is 149 cm³/mol. The van der Waals surface area contributed by atoms with Gasteiger partial charge in [0.05, 0.1) is 31.3 Å². The van der Waals surface area contributed by atoms with Gasteiger partial charge in [0.2, 0.25) is 24.0 Å². The SMILES string of the molecule is CCN[C@@H]1C[C@H](NC(C)=O)[C@@H](O[C@@H]2OC(CNC(C)=O)=CC[C@@H]2NC(C)=O)[C@H](O)[C@H]1O[C@H]1OC[C@](C)(O)[C@H](NC)[C@H]1O. The summed E-state index contributed by atoms with van der Waals surface area (Å²) in [6.45, 7) is 8.02. The normalized spacial score (nSPS) is 38.5. The standard InChI is InChI=1S/C27H47N5O10/c1-7-29-18-10-19(32-15(4)35)23(20(36)22(18)42-26-21(37)24(28-6)27(5,38)12-39-26)41-25-17(31-14(3)34)9-8-16(40-25)11-30-13(2)33/h8,17-26,28-29,36-38H,7,9-12H2,1-6H3,(H,30,33)(H,31,34)(H,32,35)/t17-,18+,19-,20+,21+,22-,23+,24+,25-,26+,27-/m0/s1. The van der Waals surface area contributed by atoms with Crippen LogP contribution in [0.2, 0.25) is 0 Å². The van der Waals surface area contributed by atoms with Crippen LogP contribution < -0.4 is 26.6 Å². The molecule has 8 N–H and O–H groups in total. The maximum absolute atomic E-state index is 12.2. The molecule has 2 fully saturated rings. The van der Waals surface area contributed by atoms with Gasteiger partial charge in [-0.05, 0) is 39.4 Å². The van der Waals surface area contributed by atoms with Crippen molar-refractivity contribution in [2.45, 2.75) is 114 Å². The van der Waals surface area contributed by atoms with Crippen molar-refractivity contribution in [3.63, 3.8) is 0 Å². The zero-order valence-electron chi connectivity index (χ0n) is 25.1. The van der Waals surface area contributed by atoms with Crippen molar-refractivity contribution in [1.29, 1.82) is 0 Å². The number of rotatable bonds is 11. The third-order valence-electron chi connectivity index (χ3n) is 7.65. The summed E-state index contributed by atoms with van der Waals surface area (Å²) < 4.78 is 24.2. The molecule has 0 spiro atoms. The van der Waals surface area contributed by atoms with E-state index in [9.17, 15) is 29.7 Å². The highest BCUT2D eigenvalue weighted by molar-refractivity contribution is 5.74. The molecule has 11 atom stereocenters. The number of ether oxygens (including phenoxy) is 4. The molecule has 0 radical (unpaired) electrons. The first-order valence-electron chi connectivity index (χ1n) is 14.3. The van der Waals surface area contributed by atoms with Gasteiger partial charge in [0, 0.05) is 26.8 Å². The van der Waals surface area contributed by atoms with Gasteiger partial charge in [0.15, 0.2) is 6.29 Å². The first-order chi connectivity index (χ1) is 19.8. The summed E-state index contributed by atoms with van der Waals surface area (Å²) in [5.41, 5.74) is -1.36. The molecule has 0 bridgehead atoms. The molecule has 42 heavy (non-hydrogen) atoms. The Balaban J connectivity index is 1.88. The highest BCUT2D eigenvalue weighted by Gasteiger charge is 2.52. The van der Waals surface area contributed by atoms with Crippen LogP contribution >= 0.6 is 0 Å². The quantitative estimate of drug-likeness (QED) is 0.122. The fourth-order valence-corrected chi connectivity index (χ4v) is 5.78. The lowest BCUT2D eigenvalue weighted by molar-refractivity contribution is -0.305. The zero-order valence-corrected chi connectivity index (χ0v) is 25.1. The Bertz CT molecular complexity index is 981. The van der Waals surface area contributed by atoms with Gasteiger partial charge < -0.3 is 60.9 Å². The highest BCUT2D eigenvalue weighted by Crippen LogP contribution is 2.32. The van der Waals surface area contributed by atoms with Crippen LogP contribution in [0.15, 0.2) is 11.8 Å². The molecule has 15 nitrogen and oxygen atoms in total. The van der Waals surface area contributed by atoms with Crippen LogP contribution in [0.3, 0.4) is 0 Å². The van der Waals surface area contributed by atoms with Crippen LogP contribution in [0.5, 0.6) is 0 Å². The van der Waals surface area contributed by atoms with Gasteiger partial charge in [-0.3, -0.25) is 14.4 Å². The van der Waals surface area contributed by atoms with Crippen LogP contribution in [0.1, 0.15) is 47.5 Å². The highest BCUT2D eigenvalue weighted by atomic mass is 16.7. The smallest absolute Gasteiger partial charge is 0.220 e. The topological polar surface area (TPSA) is 209 Å². The van der Waals surface area contributed by atoms with E-state index in [4.69, 9.17) is 18.9 Å². The number of likely N-dealkylation sites (N-methyl/N-ethyl adjacent to an activating group) is 2. The minimum Gasteiger partial charge on any atom is -0.465 e. The summed E-state index contributed by atoms with van der Waals surface area (Å²) in [4.78, 5) is 35.6. The van der Waals surface area contributed by atoms with E-state index in [1.54, 1.807) is 13.1 Å². The minimum absolute atomic E-state index is 0.103. The predicted octanol–water partition coefficient (Wildman–Crippen LogP) is -2.67. The summed E-state index contributed by atoms with van der Waals surface area (Å²) in [5.74, 6) is -0.488. The second-order valence-electron chi connectivity index (χ2n) is 11.3. The molecule has 0 aromatic rings. The molecule has 2 heterocycles.